The summed E-state index contributed by atoms with van der Waals surface area (Å²) in [5.41, 5.74) is 6.75. The van der Waals surface area contributed by atoms with Gasteiger partial charge in [0.2, 0.25) is 0 Å². The van der Waals surface area contributed by atoms with Gasteiger partial charge in [-0.1, -0.05) is 13.0 Å². The summed E-state index contributed by atoms with van der Waals surface area (Å²) in [4.78, 5) is 8.16. The average Bonchev–Trinajstić information content (AvgIpc) is 2.42. The molecule has 0 aliphatic rings. The lowest BCUT2D eigenvalue weighted by Gasteiger charge is -2.12. The Labute approximate surface area is 139 Å². The minimum atomic E-state index is -3.79. The largest absolute Gasteiger partial charge is 0.399 e. The molecule has 0 unspecified atom stereocenters. The SMILES string of the molecule is CCc1ccc(N)cc1S(=O)(=O)Nc1ncc(Br)nc1Br. The van der Waals surface area contributed by atoms with Crippen LogP contribution in [-0.4, -0.2) is 18.4 Å². The normalized spacial score (nSPS) is 11.4. The second kappa shape index (κ2) is 6.29. The second-order valence-electron chi connectivity index (χ2n) is 4.16. The molecule has 0 aliphatic heterocycles. The summed E-state index contributed by atoms with van der Waals surface area (Å²) in [6.45, 7) is 1.87. The van der Waals surface area contributed by atoms with E-state index in [2.05, 4.69) is 46.5 Å². The summed E-state index contributed by atoms with van der Waals surface area (Å²) in [6, 6.07) is 4.81. The monoisotopic (exact) mass is 434 g/mol. The van der Waals surface area contributed by atoms with E-state index in [1.807, 2.05) is 6.92 Å². The highest BCUT2D eigenvalue weighted by Crippen LogP contribution is 2.25. The van der Waals surface area contributed by atoms with E-state index in [0.717, 1.165) is 0 Å². The number of sulfonamides is 1. The standard InChI is InChI=1S/C12H12Br2N4O2S/c1-2-7-3-4-8(15)5-9(7)21(19,20)18-12-11(14)17-10(13)6-16-12/h3-6H,2,15H2,1H3,(H,16,18). The quantitative estimate of drug-likeness (QED) is 0.719. The molecule has 6 nitrogen and oxygen atoms in total. The molecule has 0 amide bonds. The van der Waals surface area contributed by atoms with E-state index in [9.17, 15) is 8.42 Å². The van der Waals surface area contributed by atoms with Gasteiger partial charge in [0.1, 0.15) is 4.60 Å². The molecule has 1 aromatic heterocycles. The number of benzene rings is 1. The zero-order chi connectivity index (χ0) is 15.6. The Kier molecular flexibility index (Phi) is 4.84. The van der Waals surface area contributed by atoms with Gasteiger partial charge in [-0.25, -0.2) is 18.4 Å². The van der Waals surface area contributed by atoms with Crippen LogP contribution in [0.25, 0.3) is 0 Å². The molecule has 3 N–H and O–H groups in total. The maximum atomic E-state index is 12.5. The van der Waals surface area contributed by atoms with Gasteiger partial charge in [-0.15, -0.1) is 0 Å². The molecule has 0 spiro atoms. The van der Waals surface area contributed by atoms with E-state index in [1.165, 1.54) is 12.3 Å². The van der Waals surface area contributed by atoms with Crippen LogP contribution in [0.1, 0.15) is 12.5 Å². The average molecular weight is 436 g/mol. The summed E-state index contributed by atoms with van der Waals surface area (Å²) in [5, 5.41) is 0. The zero-order valence-electron chi connectivity index (χ0n) is 11.0. The zero-order valence-corrected chi connectivity index (χ0v) is 15.0. The summed E-state index contributed by atoms with van der Waals surface area (Å²) in [7, 11) is -3.79. The number of hydrogen-bond donors (Lipinski definition) is 2. The first-order valence-electron chi connectivity index (χ1n) is 5.92. The number of nitrogens with one attached hydrogen (secondary N) is 1. The number of anilines is 2. The minimum absolute atomic E-state index is 0.114. The molecule has 0 bridgehead atoms. The summed E-state index contributed by atoms with van der Waals surface area (Å²) in [6.07, 6.45) is 1.98. The Morgan fingerprint density at radius 1 is 1.33 bits per heavy atom. The fourth-order valence-electron chi connectivity index (χ4n) is 1.71. The van der Waals surface area contributed by atoms with Gasteiger partial charge in [-0.2, -0.15) is 0 Å². The lowest BCUT2D eigenvalue weighted by molar-refractivity contribution is 0.600. The number of aromatic nitrogens is 2. The number of aryl methyl sites for hydroxylation is 1. The van der Waals surface area contributed by atoms with Crippen molar-refractivity contribution in [2.24, 2.45) is 0 Å². The predicted octanol–water partition coefficient (Wildman–Crippen LogP) is 2.95. The van der Waals surface area contributed by atoms with Crippen molar-refractivity contribution in [3.8, 4) is 0 Å². The van der Waals surface area contributed by atoms with Crippen LogP contribution in [0.2, 0.25) is 0 Å². The van der Waals surface area contributed by atoms with Gasteiger partial charge in [0.15, 0.2) is 10.4 Å². The highest BCUT2D eigenvalue weighted by atomic mass is 79.9. The molecule has 1 heterocycles. The number of nitrogens with zero attached hydrogens (tertiary/aromatic N) is 2. The number of halogens is 2. The van der Waals surface area contributed by atoms with Crippen molar-refractivity contribution in [1.29, 1.82) is 0 Å². The minimum Gasteiger partial charge on any atom is -0.399 e. The smallest absolute Gasteiger partial charge is 0.263 e. The molecular formula is C12H12Br2N4O2S. The lowest BCUT2D eigenvalue weighted by Crippen LogP contribution is -2.16. The van der Waals surface area contributed by atoms with Crippen molar-refractivity contribution in [3.05, 3.63) is 39.2 Å². The summed E-state index contributed by atoms with van der Waals surface area (Å²) in [5.74, 6) is 0.114. The van der Waals surface area contributed by atoms with Gasteiger partial charge in [0.25, 0.3) is 10.0 Å². The third kappa shape index (κ3) is 3.72. The number of nitrogen functional groups attached to an aromatic ring is 1. The van der Waals surface area contributed by atoms with Gasteiger partial charge < -0.3 is 5.73 Å². The van der Waals surface area contributed by atoms with Crippen LogP contribution in [0.5, 0.6) is 0 Å². The molecule has 2 rings (SSSR count). The molecule has 1 aromatic carbocycles. The van der Waals surface area contributed by atoms with Crippen LogP contribution in [0.3, 0.4) is 0 Å². The molecular weight excluding hydrogens is 424 g/mol. The van der Waals surface area contributed by atoms with Crippen molar-refractivity contribution in [2.45, 2.75) is 18.2 Å². The molecule has 0 radical (unpaired) electrons. The fourth-order valence-corrected chi connectivity index (χ4v) is 4.11. The Balaban J connectivity index is 2.45. The van der Waals surface area contributed by atoms with Gasteiger partial charge >= 0.3 is 0 Å². The van der Waals surface area contributed by atoms with E-state index in [4.69, 9.17) is 5.73 Å². The van der Waals surface area contributed by atoms with Gasteiger partial charge in [-0.05, 0) is 56.0 Å². The molecule has 9 heteroatoms. The first kappa shape index (κ1) is 16.2. The first-order valence-corrected chi connectivity index (χ1v) is 8.99. The first-order chi connectivity index (χ1) is 9.83. The maximum Gasteiger partial charge on any atom is 0.263 e. The Morgan fingerprint density at radius 3 is 2.67 bits per heavy atom. The van der Waals surface area contributed by atoms with Gasteiger partial charge in [0, 0.05) is 5.69 Å². The van der Waals surface area contributed by atoms with Crippen molar-refractivity contribution in [1.82, 2.24) is 9.97 Å². The van der Waals surface area contributed by atoms with Crippen LogP contribution in [0.15, 0.2) is 38.5 Å². The van der Waals surface area contributed by atoms with Gasteiger partial charge in [-0.3, -0.25) is 4.72 Å². The molecule has 0 aliphatic carbocycles. The van der Waals surface area contributed by atoms with Crippen molar-refractivity contribution >= 4 is 53.4 Å². The maximum absolute atomic E-state index is 12.5. The van der Waals surface area contributed by atoms with Crippen LogP contribution in [0, 0.1) is 0 Å². The van der Waals surface area contributed by atoms with E-state index in [-0.39, 0.29) is 10.7 Å². The molecule has 112 valence electrons. The van der Waals surface area contributed by atoms with E-state index in [0.29, 0.717) is 26.9 Å². The van der Waals surface area contributed by atoms with Crippen molar-refractivity contribution in [3.63, 3.8) is 0 Å². The van der Waals surface area contributed by atoms with Crippen LogP contribution in [-0.2, 0) is 16.4 Å². The van der Waals surface area contributed by atoms with Gasteiger partial charge in [0.05, 0.1) is 11.1 Å². The Morgan fingerprint density at radius 2 is 2.05 bits per heavy atom. The predicted molar refractivity (Wildman–Crippen MR) is 88.5 cm³/mol. The van der Waals surface area contributed by atoms with Crippen LogP contribution < -0.4 is 10.5 Å². The molecule has 0 saturated carbocycles. The third-order valence-corrected chi connectivity index (χ3v) is 5.05. The molecule has 0 saturated heterocycles. The molecule has 2 aromatic rings. The van der Waals surface area contributed by atoms with Crippen LogP contribution in [0.4, 0.5) is 11.5 Å². The number of hydrogen-bond acceptors (Lipinski definition) is 5. The highest BCUT2D eigenvalue weighted by molar-refractivity contribution is 9.11. The summed E-state index contributed by atoms with van der Waals surface area (Å²) < 4.78 is 28.2. The second-order valence-corrected chi connectivity index (χ2v) is 7.37. The highest BCUT2D eigenvalue weighted by Gasteiger charge is 2.20. The van der Waals surface area contributed by atoms with E-state index >= 15 is 0 Å². The lowest BCUT2D eigenvalue weighted by atomic mass is 10.1. The number of nitrogens with two attached hydrogens (primary N) is 1. The van der Waals surface area contributed by atoms with E-state index in [1.54, 1.807) is 12.1 Å². The Hall–Kier alpha value is -1.19. The van der Waals surface area contributed by atoms with E-state index < -0.39 is 10.0 Å². The molecule has 21 heavy (non-hydrogen) atoms. The topological polar surface area (TPSA) is 98.0 Å². The van der Waals surface area contributed by atoms with Crippen molar-refractivity contribution in [2.75, 3.05) is 10.5 Å². The molecule has 0 atom stereocenters. The Bertz CT molecular complexity index is 781. The summed E-state index contributed by atoms with van der Waals surface area (Å²) >= 11 is 6.32. The number of rotatable bonds is 4. The van der Waals surface area contributed by atoms with Crippen molar-refractivity contribution < 1.29 is 8.42 Å². The van der Waals surface area contributed by atoms with Crippen LogP contribution >= 0.6 is 31.9 Å². The third-order valence-electron chi connectivity index (χ3n) is 2.69. The molecule has 0 fully saturated rings. The fraction of sp³-hybridized carbons (Fsp3) is 0.167.